The van der Waals surface area contributed by atoms with Crippen LogP contribution in [0.5, 0.6) is 0 Å². The van der Waals surface area contributed by atoms with Crippen molar-refractivity contribution in [1.82, 2.24) is 25.6 Å². The Hall–Kier alpha value is -2.98. The quantitative estimate of drug-likeness (QED) is 0.291. The summed E-state index contributed by atoms with van der Waals surface area (Å²) in [5.74, 6) is -0.151. The van der Waals surface area contributed by atoms with Crippen LogP contribution in [0.15, 0.2) is 40.1 Å². The van der Waals surface area contributed by atoms with Crippen molar-refractivity contribution < 1.29 is 16.8 Å². The van der Waals surface area contributed by atoms with Gasteiger partial charge in [-0.05, 0) is 29.8 Å². The number of sulfonamides is 1. The van der Waals surface area contributed by atoms with E-state index in [2.05, 4.69) is 25.6 Å². The first kappa shape index (κ1) is 22.2. The van der Waals surface area contributed by atoms with Gasteiger partial charge in [-0.1, -0.05) is 29.5 Å². The minimum absolute atomic E-state index is 0.120. The number of rotatable bonds is 6. The van der Waals surface area contributed by atoms with Crippen molar-refractivity contribution in [3.05, 3.63) is 30.3 Å². The monoisotopic (exact) mass is 494 g/mol. The summed E-state index contributed by atoms with van der Waals surface area (Å²) in [5.41, 5.74) is 12.6. The number of fused-ring (bicyclic) bond motifs is 1. The van der Waals surface area contributed by atoms with Crippen molar-refractivity contribution in [1.29, 1.82) is 0 Å². The van der Waals surface area contributed by atoms with Crippen molar-refractivity contribution in [2.45, 2.75) is 22.0 Å². The van der Waals surface area contributed by atoms with E-state index in [9.17, 15) is 16.8 Å². The first-order chi connectivity index (χ1) is 15.1. The molecule has 168 valence electrons. The molecule has 1 atom stereocenters. The molecule has 0 saturated heterocycles. The molecule has 4 aromatic rings. The van der Waals surface area contributed by atoms with Crippen LogP contribution < -0.4 is 16.6 Å². The summed E-state index contributed by atoms with van der Waals surface area (Å²) < 4.78 is 52.5. The van der Waals surface area contributed by atoms with Crippen LogP contribution in [0.1, 0.15) is 6.92 Å². The zero-order chi connectivity index (χ0) is 23.3. The van der Waals surface area contributed by atoms with Gasteiger partial charge in [0.25, 0.3) is 0 Å². The molecule has 2 aromatic carbocycles. The van der Waals surface area contributed by atoms with Crippen LogP contribution in [0.2, 0.25) is 0 Å². The number of thiazole rings is 1. The van der Waals surface area contributed by atoms with Gasteiger partial charge < -0.3 is 11.5 Å². The summed E-state index contributed by atoms with van der Waals surface area (Å²) in [4.78, 5) is 3.20. The largest absolute Gasteiger partial charge is 0.375 e. The highest BCUT2D eigenvalue weighted by Gasteiger charge is 2.34. The molecule has 12 nitrogen and oxygen atoms in total. The van der Waals surface area contributed by atoms with Crippen LogP contribution in [-0.4, -0.2) is 54.2 Å². The first-order valence-electron chi connectivity index (χ1n) is 9.08. The van der Waals surface area contributed by atoms with E-state index in [0.29, 0.717) is 21.8 Å². The lowest BCUT2D eigenvalue weighted by atomic mass is 9.98. The summed E-state index contributed by atoms with van der Waals surface area (Å²) in [6.45, 7) is 1.16. The highest BCUT2D eigenvalue weighted by molar-refractivity contribution is 7.94. The van der Waals surface area contributed by atoms with E-state index in [1.165, 1.54) is 30.4 Å². The number of anilines is 1. The fourth-order valence-electron chi connectivity index (χ4n) is 3.31. The zero-order valence-corrected chi connectivity index (χ0v) is 19.0. The van der Waals surface area contributed by atoms with Crippen LogP contribution in [0.3, 0.4) is 0 Å². The number of sulfone groups is 1. The van der Waals surface area contributed by atoms with Crippen molar-refractivity contribution >= 4 is 46.5 Å². The van der Waals surface area contributed by atoms with Crippen molar-refractivity contribution in [3.63, 3.8) is 0 Å². The Kier molecular flexibility index (Phi) is 5.46. The normalized spacial score (nSPS) is 13.5. The van der Waals surface area contributed by atoms with Gasteiger partial charge in [0.2, 0.25) is 15.8 Å². The van der Waals surface area contributed by atoms with E-state index in [-0.39, 0.29) is 17.9 Å². The third kappa shape index (κ3) is 3.63. The Morgan fingerprint density at radius 3 is 2.50 bits per heavy atom. The number of tetrazole rings is 1. The van der Waals surface area contributed by atoms with Gasteiger partial charge in [-0.25, -0.2) is 27.0 Å². The number of nitrogens with one attached hydrogen (secondary N) is 1. The highest BCUT2D eigenvalue weighted by atomic mass is 32.2. The Labute approximate surface area is 186 Å². The molecule has 15 heteroatoms. The smallest absolute Gasteiger partial charge is 0.240 e. The fourth-order valence-corrected chi connectivity index (χ4v) is 6.91. The summed E-state index contributed by atoms with van der Waals surface area (Å²) in [7, 11) is -8.74. The first-order valence-corrected chi connectivity index (χ1v) is 13.0. The molecule has 0 aliphatic rings. The standard InChI is InChI=1S/C17H18N8O4S3/c1-8(7-18)31(26,27)12-6-5-9(10-3-2-4-11-14(10)21-17(19)30-11)13(15(12)32(20,28)29)16-22-24-25-23-16/h2-6,8H,7,18H2,1H3,(H2,19,21)(H2,20,28,29)(H,22,23,24,25). The summed E-state index contributed by atoms with van der Waals surface area (Å²) in [5, 5.41) is 18.3. The van der Waals surface area contributed by atoms with E-state index in [0.717, 1.165) is 4.70 Å². The number of nitrogen functional groups attached to an aromatic ring is 1. The maximum absolute atomic E-state index is 13.1. The minimum atomic E-state index is -4.58. The number of hydrogen-bond acceptors (Lipinski definition) is 11. The molecule has 0 aliphatic carbocycles. The van der Waals surface area contributed by atoms with Gasteiger partial charge in [-0.15, -0.1) is 10.2 Å². The van der Waals surface area contributed by atoms with Crippen molar-refractivity contribution in [2.24, 2.45) is 10.9 Å². The van der Waals surface area contributed by atoms with E-state index in [1.807, 2.05) is 6.07 Å². The van der Waals surface area contributed by atoms with Gasteiger partial charge >= 0.3 is 0 Å². The Morgan fingerprint density at radius 1 is 1.12 bits per heavy atom. The third-order valence-corrected chi connectivity index (χ3v) is 9.05. The molecular formula is C17H18N8O4S3. The molecule has 2 heterocycles. The molecule has 0 radical (unpaired) electrons. The van der Waals surface area contributed by atoms with Crippen molar-refractivity contribution in [2.75, 3.05) is 12.3 Å². The zero-order valence-electron chi connectivity index (χ0n) is 16.5. The minimum Gasteiger partial charge on any atom is -0.375 e. The topological polar surface area (TPSA) is 214 Å². The molecule has 0 spiro atoms. The van der Waals surface area contributed by atoms with Gasteiger partial charge in [-0.2, -0.15) is 5.21 Å². The lowest BCUT2D eigenvalue weighted by Crippen LogP contribution is -2.29. The number of benzene rings is 2. The maximum Gasteiger partial charge on any atom is 0.240 e. The number of H-pyrrole nitrogens is 1. The van der Waals surface area contributed by atoms with Gasteiger partial charge in [0.1, 0.15) is 4.90 Å². The fraction of sp³-hybridized carbons (Fsp3) is 0.176. The predicted molar refractivity (Wildman–Crippen MR) is 120 cm³/mol. The molecule has 1 unspecified atom stereocenters. The predicted octanol–water partition coefficient (Wildman–Crippen LogP) is 0.494. The SMILES string of the molecule is CC(CN)S(=O)(=O)c1ccc(-c2cccc3sc(N)nc23)c(-c2nn[nH]n2)c1S(N)(=O)=O. The van der Waals surface area contributed by atoms with Crippen LogP contribution in [0.4, 0.5) is 5.13 Å². The lowest BCUT2D eigenvalue weighted by Gasteiger charge is -2.18. The molecule has 0 fully saturated rings. The average molecular weight is 495 g/mol. The number of aromatic nitrogens is 5. The Morgan fingerprint density at radius 2 is 1.88 bits per heavy atom. The number of primary sulfonamides is 1. The van der Waals surface area contributed by atoms with E-state index >= 15 is 0 Å². The van der Waals surface area contributed by atoms with E-state index < -0.39 is 34.9 Å². The summed E-state index contributed by atoms with van der Waals surface area (Å²) in [6, 6.07) is 7.90. The number of nitrogens with zero attached hydrogens (tertiary/aromatic N) is 4. The van der Waals surface area contributed by atoms with Gasteiger partial charge in [0.05, 0.1) is 25.9 Å². The Balaban J connectivity index is 2.19. The summed E-state index contributed by atoms with van der Waals surface area (Å²) in [6.07, 6.45) is 0. The number of hydrogen-bond donors (Lipinski definition) is 4. The second-order valence-corrected chi connectivity index (χ2v) is 11.8. The summed E-state index contributed by atoms with van der Waals surface area (Å²) >= 11 is 1.25. The average Bonchev–Trinajstić information content (AvgIpc) is 3.39. The second kappa shape index (κ2) is 7.86. The molecule has 0 amide bonds. The molecule has 7 N–H and O–H groups in total. The number of para-hydroxylation sites is 1. The van der Waals surface area contributed by atoms with Gasteiger partial charge in [0.15, 0.2) is 15.0 Å². The van der Waals surface area contributed by atoms with Crippen LogP contribution >= 0.6 is 11.3 Å². The second-order valence-electron chi connectivity index (χ2n) is 6.89. The molecule has 0 saturated carbocycles. The maximum atomic E-state index is 13.1. The molecule has 0 aliphatic heterocycles. The lowest BCUT2D eigenvalue weighted by molar-refractivity contribution is 0.575. The number of aromatic amines is 1. The molecule has 2 aromatic heterocycles. The molecule has 0 bridgehead atoms. The highest BCUT2D eigenvalue weighted by Crippen LogP contribution is 2.42. The number of nitrogens with two attached hydrogens (primary N) is 3. The van der Waals surface area contributed by atoms with Crippen LogP contribution in [0.25, 0.3) is 32.7 Å². The van der Waals surface area contributed by atoms with E-state index in [1.54, 1.807) is 12.1 Å². The third-order valence-electron chi connectivity index (χ3n) is 4.87. The van der Waals surface area contributed by atoms with Crippen molar-refractivity contribution in [3.8, 4) is 22.5 Å². The molecule has 4 rings (SSSR count). The molecule has 32 heavy (non-hydrogen) atoms. The van der Waals surface area contributed by atoms with Gasteiger partial charge in [-0.3, -0.25) is 0 Å². The van der Waals surface area contributed by atoms with Gasteiger partial charge in [0, 0.05) is 12.1 Å². The van der Waals surface area contributed by atoms with E-state index in [4.69, 9.17) is 16.6 Å². The Bertz CT molecular complexity index is 1530. The molecular weight excluding hydrogens is 476 g/mol. The van der Waals surface area contributed by atoms with Crippen LogP contribution in [-0.2, 0) is 19.9 Å². The van der Waals surface area contributed by atoms with Crippen LogP contribution in [0, 0.1) is 0 Å².